The second kappa shape index (κ2) is 9.34. The molecule has 0 radical (unpaired) electrons. The number of halogens is 2. The molecule has 6 nitrogen and oxygen atoms in total. The van der Waals surface area contributed by atoms with E-state index in [-0.39, 0.29) is 23.4 Å². The van der Waals surface area contributed by atoms with Crippen LogP contribution < -0.4 is 20.2 Å². The Balaban J connectivity index is 1.47. The zero-order chi connectivity index (χ0) is 23.5. The monoisotopic (exact) mass is 467 g/mol. The highest BCUT2D eigenvalue weighted by atomic mass is 35.5. The summed E-state index contributed by atoms with van der Waals surface area (Å²) in [7, 11) is 0. The fourth-order valence-electron chi connectivity index (χ4n) is 3.22. The van der Waals surface area contributed by atoms with Crippen molar-refractivity contribution >= 4 is 34.2 Å². The Kier molecular flexibility index (Phi) is 6.33. The van der Waals surface area contributed by atoms with Crippen molar-refractivity contribution in [2.75, 3.05) is 11.9 Å². The molecule has 8 heteroatoms. The normalized spacial score (nSPS) is 10.8. The van der Waals surface area contributed by atoms with Crippen molar-refractivity contribution in [1.29, 1.82) is 0 Å². The summed E-state index contributed by atoms with van der Waals surface area (Å²) in [5.41, 5.74) is 2.06. The summed E-state index contributed by atoms with van der Waals surface area (Å²) < 4.78 is 29.7. The van der Waals surface area contributed by atoms with Gasteiger partial charge in [0.15, 0.2) is 6.61 Å². The number of fused-ring (bicyclic) bond motifs is 1. The molecule has 0 aliphatic heterocycles. The predicted molar refractivity (Wildman–Crippen MR) is 124 cm³/mol. The van der Waals surface area contributed by atoms with E-state index in [1.54, 1.807) is 24.3 Å². The van der Waals surface area contributed by atoms with Gasteiger partial charge in [-0.25, -0.2) is 4.39 Å². The van der Waals surface area contributed by atoms with E-state index in [4.69, 9.17) is 25.5 Å². The van der Waals surface area contributed by atoms with Crippen LogP contribution in [0.5, 0.6) is 17.2 Å². The number of aryl methyl sites for hydroxylation is 2. The molecule has 1 aromatic heterocycles. The fraction of sp³-hybridized carbons (Fsp3) is 0.120. The molecule has 4 aromatic rings. The van der Waals surface area contributed by atoms with Crippen LogP contribution in [0, 0.1) is 19.7 Å². The summed E-state index contributed by atoms with van der Waals surface area (Å²) >= 11 is 6.18. The van der Waals surface area contributed by atoms with Crippen molar-refractivity contribution < 1.29 is 23.1 Å². The number of carbonyl (C=O) groups is 1. The molecule has 0 spiro atoms. The van der Waals surface area contributed by atoms with Crippen molar-refractivity contribution in [1.82, 2.24) is 0 Å². The van der Waals surface area contributed by atoms with Crippen LogP contribution in [0.25, 0.3) is 11.0 Å². The first-order valence-corrected chi connectivity index (χ1v) is 10.4. The average Bonchev–Trinajstić information content (AvgIpc) is 2.79. The van der Waals surface area contributed by atoms with Crippen LogP contribution in [0.2, 0.25) is 5.02 Å². The first-order valence-electron chi connectivity index (χ1n) is 9.98. The van der Waals surface area contributed by atoms with Gasteiger partial charge >= 0.3 is 0 Å². The van der Waals surface area contributed by atoms with Gasteiger partial charge in [0.1, 0.15) is 29.2 Å². The van der Waals surface area contributed by atoms with Crippen LogP contribution in [0.4, 0.5) is 10.1 Å². The molecule has 1 heterocycles. The Morgan fingerprint density at radius 3 is 2.42 bits per heavy atom. The number of benzene rings is 3. The number of anilines is 1. The first-order chi connectivity index (χ1) is 15.8. The lowest BCUT2D eigenvalue weighted by atomic mass is 10.1. The zero-order valence-corrected chi connectivity index (χ0v) is 18.5. The fourth-order valence-corrected chi connectivity index (χ4v) is 3.33. The summed E-state index contributed by atoms with van der Waals surface area (Å²) in [6, 6.07) is 13.5. The van der Waals surface area contributed by atoms with Gasteiger partial charge in [0.2, 0.25) is 11.2 Å². The maximum absolute atomic E-state index is 12.9. The quantitative estimate of drug-likeness (QED) is 0.375. The van der Waals surface area contributed by atoms with Crippen molar-refractivity contribution in [2.45, 2.75) is 13.8 Å². The van der Waals surface area contributed by atoms with Gasteiger partial charge in [0.05, 0.1) is 5.39 Å². The minimum absolute atomic E-state index is 0.0379. The zero-order valence-electron chi connectivity index (χ0n) is 17.8. The van der Waals surface area contributed by atoms with Crippen molar-refractivity contribution in [3.05, 3.63) is 93.1 Å². The van der Waals surface area contributed by atoms with Crippen LogP contribution in [0.3, 0.4) is 0 Å². The highest BCUT2D eigenvalue weighted by Gasteiger charge is 2.12. The van der Waals surface area contributed by atoms with E-state index in [9.17, 15) is 14.0 Å². The van der Waals surface area contributed by atoms with Gasteiger partial charge in [-0.15, -0.1) is 0 Å². The number of hydrogen-bond donors (Lipinski definition) is 1. The van der Waals surface area contributed by atoms with E-state index in [2.05, 4.69) is 5.32 Å². The van der Waals surface area contributed by atoms with E-state index in [0.29, 0.717) is 27.6 Å². The Bertz CT molecular complexity index is 1380. The Morgan fingerprint density at radius 1 is 1.03 bits per heavy atom. The van der Waals surface area contributed by atoms with Crippen molar-refractivity contribution in [3.63, 3.8) is 0 Å². The van der Waals surface area contributed by atoms with E-state index in [1.807, 2.05) is 13.8 Å². The smallest absolute Gasteiger partial charge is 0.262 e. The number of ether oxygens (including phenoxy) is 2. The molecule has 0 saturated carbocycles. The molecule has 1 N–H and O–H groups in total. The maximum atomic E-state index is 12.9. The number of hydrogen-bond acceptors (Lipinski definition) is 5. The average molecular weight is 468 g/mol. The van der Waals surface area contributed by atoms with Gasteiger partial charge in [0, 0.05) is 16.8 Å². The summed E-state index contributed by atoms with van der Waals surface area (Å²) in [5, 5.41) is 3.55. The second-order valence-electron chi connectivity index (χ2n) is 7.40. The van der Waals surface area contributed by atoms with Gasteiger partial charge in [-0.3, -0.25) is 9.59 Å². The topological polar surface area (TPSA) is 77.8 Å². The molecule has 1 amide bonds. The molecule has 4 rings (SSSR count). The molecular formula is C25H19ClFNO5. The van der Waals surface area contributed by atoms with Crippen LogP contribution in [0.15, 0.2) is 70.1 Å². The molecular weight excluding hydrogens is 449 g/mol. The van der Waals surface area contributed by atoms with E-state index < -0.39 is 11.7 Å². The SMILES string of the molecule is Cc1cc(Oc2coc3cc(OCC(=O)Nc4ccc(F)cc4)ccc3c2=O)cc(C)c1Cl. The highest BCUT2D eigenvalue weighted by Crippen LogP contribution is 2.29. The van der Waals surface area contributed by atoms with Crippen LogP contribution in [-0.4, -0.2) is 12.5 Å². The third kappa shape index (κ3) is 5.15. The molecule has 0 saturated heterocycles. The molecule has 0 aliphatic carbocycles. The lowest BCUT2D eigenvalue weighted by Crippen LogP contribution is -2.20. The highest BCUT2D eigenvalue weighted by molar-refractivity contribution is 6.32. The van der Waals surface area contributed by atoms with E-state index >= 15 is 0 Å². The number of amides is 1. The third-order valence-electron chi connectivity index (χ3n) is 4.85. The predicted octanol–water partition coefficient (Wildman–Crippen LogP) is 6.01. The Hall–Kier alpha value is -3.84. The minimum Gasteiger partial charge on any atom is -0.484 e. The lowest BCUT2D eigenvalue weighted by Gasteiger charge is -2.10. The molecule has 0 unspecified atom stereocenters. The first kappa shape index (κ1) is 22.4. The molecule has 3 aromatic carbocycles. The van der Waals surface area contributed by atoms with Crippen molar-refractivity contribution in [3.8, 4) is 17.2 Å². The molecule has 0 atom stereocenters. The summed E-state index contributed by atoms with van der Waals surface area (Å²) in [4.78, 5) is 24.9. The van der Waals surface area contributed by atoms with E-state index in [0.717, 1.165) is 11.1 Å². The number of carbonyl (C=O) groups excluding carboxylic acids is 1. The Labute approximate surface area is 193 Å². The second-order valence-corrected chi connectivity index (χ2v) is 7.78. The largest absolute Gasteiger partial charge is 0.484 e. The lowest BCUT2D eigenvalue weighted by molar-refractivity contribution is -0.118. The Morgan fingerprint density at radius 2 is 1.73 bits per heavy atom. The third-order valence-corrected chi connectivity index (χ3v) is 5.45. The molecule has 33 heavy (non-hydrogen) atoms. The summed E-state index contributed by atoms with van der Waals surface area (Å²) in [6.45, 7) is 3.43. The van der Waals surface area contributed by atoms with Gasteiger partial charge < -0.3 is 19.2 Å². The van der Waals surface area contributed by atoms with Crippen LogP contribution in [0.1, 0.15) is 11.1 Å². The van der Waals surface area contributed by atoms with Gasteiger partial charge in [-0.2, -0.15) is 0 Å². The van der Waals surface area contributed by atoms with Gasteiger partial charge in [0.25, 0.3) is 5.91 Å². The van der Waals surface area contributed by atoms with Crippen LogP contribution >= 0.6 is 11.6 Å². The standard InChI is InChI=1S/C25H19ClFNO5/c1-14-9-19(10-15(2)24(14)26)33-22-12-32-21-11-18(7-8-20(21)25(22)30)31-13-23(29)28-17-5-3-16(27)4-6-17/h3-12H,13H2,1-2H3,(H,28,29). The summed E-state index contributed by atoms with van der Waals surface area (Å²) in [5.74, 6) is 0.0518. The van der Waals surface area contributed by atoms with E-state index in [1.165, 1.54) is 36.6 Å². The van der Waals surface area contributed by atoms with Gasteiger partial charge in [-0.1, -0.05) is 11.6 Å². The molecule has 0 fully saturated rings. The van der Waals surface area contributed by atoms with Gasteiger partial charge in [-0.05, 0) is 73.5 Å². The van der Waals surface area contributed by atoms with Crippen molar-refractivity contribution in [2.24, 2.45) is 0 Å². The maximum Gasteiger partial charge on any atom is 0.262 e. The molecule has 0 bridgehead atoms. The summed E-state index contributed by atoms with van der Waals surface area (Å²) in [6.07, 6.45) is 1.23. The number of nitrogens with one attached hydrogen (secondary N) is 1. The minimum atomic E-state index is -0.416. The molecule has 168 valence electrons. The van der Waals surface area contributed by atoms with Crippen LogP contribution in [-0.2, 0) is 4.79 Å². The number of rotatable bonds is 6. The molecule has 0 aliphatic rings.